The normalized spacial score (nSPS) is 10.9. The van der Waals surface area contributed by atoms with Crippen LogP contribution < -0.4 is 10.6 Å². The van der Waals surface area contributed by atoms with Crippen LogP contribution in [0, 0.1) is 6.92 Å². The number of amides is 1. The summed E-state index contributed by atoms with van der Waals surface area (Å²) in [5.41, 5.74) is 1.07. The molecule has 0 unspecified atom stereocenters. The molecule has 1 rings (SSSR count). The van der Waals surface area contributed by atoms with Gasteiger partial charge in [0.15, 0.2) is 0 Å². The molecule has 0 aromatic carbocycles. The molecule has 0 aliphatic heterocycles. The van der Waals surface area contributed by atoms with Crippen LogP contribution >= 0.6 is 11.3 Å². The second-order valence-electron chi connectivity index (χ2n) is 4.67. The first kappa shape index (κ1) is 15.1. The van der Waals surface area contributed by atoms with Crippen LogP contribution in [0.15, 0.2) is 5.38 Å². The highest BCUT2D eigenvalue weighted by Crippen LogP contribution is 2.07. The molecule has 0 spiro atoms. The molecular formula is C13H23N3OS. The van der Waals surface area contributed by atoms with Crippen molar-refractivity contribution in [3.63, 3.8) is 0 Å². The quantitative estimate of drug-likeness (QED) is 0.709. The van der Waals surface area contributed by atoms with Crippen LogP contribution in [0.2, 0.25) is 0 Å². The summed E-state index contributed by atoms with van der Waals surface area (Å²) in [6.07, 6.45) is 2.30. The van der Waals surface area contributed by atoms with Gasteiger partial charge in [-0.05, 0) is 19.9 Å². The molecule has 1 aromatic rings. The zero-order valence-electron chi connectivity index (χ0n) is 11.5. The molecule has 0 saturated heterocycles. The molecule has 1 heterocycles. The topological polar surface area (TPSA) is 54.0 Å². The standard InChI is InChI=1S/C13H23N3OS/c1-10(2)14-7-4-5-13(17)15-8-6-12-9-18-11(3)16-12/h9-10,14H,4-8H2,1-3H3,(H,15,17). The molecule has 18 heavy (non-hydrogen) atoms. The lowest BCUT2D eigenvalue weighted by molar-refractivity contribution is -0.121. The van der Waals surface area contributed by atoms with Gasteiger partial charge in [0.05, 0.1) is 10.7 Å². The Morgan fingerprint density at radius 1 is 1.44 bits per heavy atom. The molecule has 0 fully saturated rings. The maximum Gasteiger partial charge on any atom is 0.220 e. The molecule has 102 valence electrons. The zero-order valence-corrected chi connectivity index (χ0v) is 12.3. The lowest BCUT2D eigenvalue weighted by Crippen LogP contribution is -2.28. The summed E-state index contributed by atoms with van der Waals surface area (Å²) in [4.78, 5) is 15.9. The van der Waals surface area contributed by atoms with Crippen molar-refractivity contribution in [2.24, 2.45) is 0 Å². The van der Waals surface area contributed by atoms with Crippen molar-refractivity contribution in [3.05, 3.63) is 16.1 Å². The Bertz CT molecular complexity index is 363. The SMILES string of the molecule is Cc1nc(CCNC(=O)CCCNC(C)C)cs1. The van der Waals surface area contributed by atoms with Crippen molar-refractivity contribution in [1.82, 2.24) is 15.6 Å². The number of hydrogen-bond acceptors (Lipinski definition) is 4. The van der Waals surface area contributed by atoms with Gasteiger partial charge in [-0.2, -0.15) is 0 Å². The lowest BCUT2D eigenvalue weighted by atomic mass is 10.2. The summed E-state index contributed by atoms with van der Waals surface area (Å²) in [5, 5.41) is 9.35. The third kappa shape index (κ3) is 6.71. The predicted octanol–water partition coefficient (Wildman–Crippen LogP) is 1.89. The third-order valence-corrected chi connectivity index (χ3v) is 3.33. The number of rotatable bonds is 8. The number of carbonyl (C=O) groups excluding carboxylic acids is 1. The van der Waals surface area contributed by atoms with Gasteiger partial charge in [0.2, 0.25) is 5.91 Å². The second kappa shape index (κ2) is 8.21. The second-order valence-corrected chi connectivity index (χ2v) is 5.73. The van der Waals surface area contributed by atoms with E-state index in [1.807, 2.05) is 12.3 Å². The van der Waals surface area contributed by atoms with E-state index in [4.69, 9.17) is 0 Å². The summed E-state index contributed by atoms with van der Waals surface area (Å²) in [5.74, 6) is 0.132. The highest BCUT2D eigenvalue weighted by atomic mass is 32.1. The molecule has 0 atom stereocenters. The highest BCUT2D eigenvalue weighted by Gasteiger charge is 2.02. The smallest absolute Gasteiger partial charge is 0.220 e. The van der Waals surface area contributed by atoms with E-state index in [1.54, 1.807) is 11.3 Å². The summed E-state index contributed by atoms with van der Waals surface area (Å²) >= 11 is 1.65. The molecule has 5 heteroatoms. The summed E-state index contributed by atoms with van der Waals surface area (Å²) in [7, 11) is 0. The van der Waals surface area contributed by atoms with E-state index in [-0.39, 0.29) is 5.91 Å². The molecule has 1 amide bonds. The molecule has 2 N–H and O–H groups in total. The van der Waals surface area contributed by atoms with Gasteiger partial charge >= 0.3 is 0 Å². The fourth-order valence-corrected chi connectivity index (χ4v) is 2.23. The Hall–Kier alpha value is -0.940. The molecule has 1 aromatic heterocycles. The predicted molar refractivity (Wildman–Crippen MR) is 75.9 cm³/mol. The van der Waals surface area contributed by atoms with Gasteiger partial charge in [0, 0.05) is 30.8 Å². The van der Waals surface area contributed by atoms with Crippen molar-refractivity contribution in [1.29, 1.82) is 0 Å². The van der Waals surface area contributed by atoms with Crippen molar-refractivity contribution in [2.75, 3.05) is 13.1 Å². The highest BCUT2D eigenvalue weighted by molar-refractivity contribution is 7.09. The fourth-order valence-electron chi connectivity index (χ4n) is 1.58. The van der Waals surface area contributed by atoms with E-state index in [0.717, 1.165) is 30.1 Å². The van der Waals surface area contributed by atoms with Gasteiger partial charge < -0.3 is 10.6 Å². The number of nitrogens with one attached hydrogen (secondary N) is 2. The largest absolute Gasteiger partial charge is 0.356 e. The molecule has 0 aliphatic carbocycles. The van der Waals surface area contributed by atoms with Crippen molar-refractivity contribution in [3.8, 4) is 0 Å². The van der Waals surface area contributed by atoms with Crippen LogP contribution in [0.3, 0.4) is 0 Å². The first-order valence-corrected chi connectivity index (χ1v) is 7.37. The first-order valence-electron chi connectivity index (χ1n) is 6.49. The fraction of sp³-hybridized carbons (Fsp3) is 0.692. The van der Waals surface area contributed by atoms with Gasteiger partial charge in [-0.1, -0.05) is 13.8 Å². The number of nitrogens with zero attached hydrogens (tertiary/aromatic N) is 1. The molecule has 0 aliphatic rings. The molecule has 0 bridgehead atoms. The molecule has 0 saturated carbocycles. The Labute approximate surface area is 113 Å². The van der Waals surface area contributed by atoms with E-state index in [1.165, 1.54) is 0 Å². The van der Waals surface area contributed by atoms with Gasteiger partial charge in [-0.15, -0.1) is 11.3 Å². The minimum absolute atomic E-state index is 0.132. The summed E-state index contributed by atoms with van der Waals surface area (Å²) < 4.78 is 0. The van der Waals surface area contributed by atoms with Crippen LogP contribution in [0.1, 0.15) is 37.4 Å². The van der Waals surface area contributed by atoms with Crippen molar-refractivity contribution < 1.29 is 4.79 Å². The number of aryl methyl sites for hydroxylation is 1. The Morgan fingerprint density at radius 3 is 2.83 bits per heavy atom. The van der Waals surface area contributed by atoms with Crippen molar-refractivity contribution in [2.45, 2.75) is 46.1 Å². The monoisotopic (exact) mass is 269 g/mol. The summed E-state index contributed by atoms with van der Waals surface area (Å²) in [6, 6.07) is 0.487. The van der Waals surface area contributed by atoms with E-state index in [2.05, 4.69) is 29.5 Å². The van der Waals surface area contributed by atoms with Gasteiger partial charge in [-0.25, -0.2) is 4.98 Å². The molecular weight excluding hydrogens is 246 g/mol. The minimum atomic E-state index is 0.132. The number of carbonyl (C=O) groups is 1. The maximum absolute atomic E-state index is 11.5. The van der Waals surface area contributed by atoms with Gasteiger partial charge in [0.1, 0.15) is 0 Å². The van der Waals surface area contributed by atoms with E-state index in [0.29, 0.717) is 19.0 Å². The van der Waals surface area contributed by atoms with Crippen LogP contribution in [-0.2, 0) is 11.2 Å². The van der Waals surface area contributed by atoms with Gasteiger partial charge in [0.25, 0.3) is 0 Å². The Morgan fingerprint density at radius 2 is 2.22 bits per heavy atom. The summed E-state index contributed by atoms with van der Waals surface area (Å²) in [6.45, 7) is 7.79. The van der Waals surface area contributed by atoms with E-state index in [9.17, 15) is 4.79 Å². The molecule has 0 radical (unpaired) electrons. The number of thiazole rings is 1. The Kier molecular flexibility index (Phi) is 6.90. The van der Waals surface area contributed by atoms with Crippen LogP contribution in [0.4, 0.5) is 0 Å². The van der Waals surface area contributed by atoms with Crippen LogP contribution in [-0.4, -0.2) is 30.0 Å². The van der Waals surface area contributed by atoms with Gasteiger partial charge in [-0.3, -0.25) is 4.79 Å². The number of aromatic nitrogens is 1. The zero-order chi connectivity index (χ0) is 13.4. The van der Waals surface area contributed by atoms with Crippen molar-refractivity contribution >= 4 is 17.2 Å². The maximum atomic E-state index is 11.5. The van der Waals surface area contributed by atoms with Crippen LogP contribution in [0.5, 0.6) is 0 Å². The first-order chi connectivity index (χ1) is 8.58. The average Bonchev–Trinajstić information content (AvgIpc) is 2.70. The number of hydrogen-bond donors (Lipinski definition) is 2. The Balaban J connectivity index is 2.03. The lowest BCUT2D eigenvalue weighted by Gasteiger charge is -2.07. The van der Waals surface area contributed by atoms with E-state index >= 15 is 0 Å². The van der Waals surface area contributed by atoms with E-state index < -0.39 is 0 Å². The average molecular weight is 269 g/mol. The third-order valence-electron chi connectivity index (χ3n) is 2.50. The molecule has 4 nitrogen and oxygen atoms in total. The minimum Gasteiger partial charge on any atom is -0.356 e. The van der Waals surface area contributed by atoms with Crippen LogP contribution in [0.25, 0.3) is 0 Å².